The van der Waals surface area contributed by atoms with Crippen LogP contribution in [0.15, 0.2) is 24.3 Å². The maximum atomic E-state index is 10.4. The minimum Gasteiger partial charge on any atom is -0.494 e. The zero-order chi connectivity index (χ0) is 22.3. The summed E-state index contributed by atoms with van der Waals surface area (Å²) in [5.74, 6) is -0.977. The zero-order valence-corrected chi connectivity index (χ0v) is 17.9. The summed E-state index contributed by atoms with van der Waals surface area (Å²) in [6, 6.07) is 13.5. The van der Waals surface area contributed by atoms with Crippen molar-refractivity contribution in [1.82, 2.24) is 0 Å². The van der Waals surface area contributed by atoms with Crippen LogP contribution >= 0.6 is 0 Å². The molecule has 0 amide bonds. The van der Waals surface area contributed by atoms with Crippen LogP contribution < -0.4 is 4.74 Å². The molecule has 0 radical (unpaired) electrons. The highest BCUT2D eigenvalue weighted by Gasteiger charge is 2.80. The lowest BCUT2D eigenvalue weighted by Gasteiger charge is -2.52. The van der Waals surface area contributed by atoms with Crippen molar-refractivity contribution in [1.29, 1.82) is 21.2 Å². The number of nitrogens with zero attached hydrogens (tertiary/aromatic N) is 3. The normalized spacial score (nSPS) is 35.1. The number of benzene rings is 1. The molecule has 3 fully saturated rings. The molecule has 4 rings (SSSR count). The van der Waals surface area contributed by atoms with Gasteiger partial charge >= 0.3 is 0 Å². The quantitative estimate of drug-likeness (QED) is 0.744. The van der Waals surface area contributed by atoms with Gasteiger partial charge in [-0.1, -0.05) is 32.4 Å². The third-order valence-corrected chi connectivity index (χ3v) is 7.25. The SMILES string of the molecule is CCCOc1ccc(C2OC34CCC(CC)CC3C(C#N)(C(=N)O4)C2(C#N)C#N)cc1. The second-order valence-electron chi connectivity index (χ2n) is 8.71. The minimum absolute atomic E-state index is 0.315. The molecule has 1 saturated carbocycles. The fourth-order valence-corrected chi connectivity index (χ4v) is 5.55. The Morgan fingerprint density at radius 2 is 1.84 bits per heavy atom. The fraction of sp³-hybridized carbons (Fsp3) is 0.583. The van der Waals surface area contributed by atoms with E-state index in [4.69, 9.17) is 19.6 Å². The maximum Gasteiger partial charge on any atom is 0.217 e. The number of hydrogen-bond donors (Lipinski definition) is 1. The molecule has 2 saturated heterocycles. The van der Waals surface area contributed by atoms with Gasteiger partial charge < -0.3 is 14.2 Å². The lowest BCUT2D eigenvalue weighted by molar-refractivity contribution is -0.299. The first-order chi connectivity index (χ1) is 15.0. The van der Waals surface area contributed by atoms with Crippen molar-refractivity contribution in [3.8, 4) is 24.0 Å². The molecule has 5 atom stereocenters. The van der Waals surface area contributed by atoms with Gasteiger partial charge in [0.2, 0.25) is 17.1 Å². The van der Waals surface area contributed by atoms with Gasteiger partial charge in [0.1, 0.15) is 11.9 Å². The largest absolute Gasteiger partial charge is 0.494 e. The van der Waals surface area contributed by atoms with Gasteiger partial charge in [-0.2, -0.15) is 15.8 Å². The molecule has 1 aromatic carbocycles. The van der Waals surface area contributed by atoms with E-state index in [0.29, 0.717) is 36.7 Å². The smallest absolute Gasteiger partial charge is 0.217 e. The third kappa shape index (κ3) is 2.68. The first kappa shape index (κ1) is 21.2. The molecule has 7 heteroatoms. The summed E-state index contributed by atoms with van der Waals surface area (Å²) in [5, 5.41) is 39.6. The van der Waals surface area contributed by atoms with Crippen LogP contribution in [-0.4, -0.2) is 18.3 Å². The maximum absolute atomic E-state index is 10.4. The molecule has 31 heavy (non-hydrogen) atoms. The van der Waals surface area contributed by atoms with E-state index in [1.165, 1.54) is 0 Å². The van der Waals surface area contributed by atoms with Crippen molar-refractivity contribution in [2.45, 2.75) is 57.8 Å². The molecule has 1 N–H and O–H groups in total. The Morgan fingerprint density at radius 3 is 2.42 bits per heavy atom. The van der Waals surface area contributed by atoms with Crippen molar-refractivity contribution in [2.24, 2.45) is 22.7 Å². The van der Waals surface area contributed by atoms with Crippen LogP contribution in [0.3, 0.4) is 0 Å². The summed E-state index contributed by atoms with van der Waals surface area (Å²) in [6.45, 7) is 4.70. The van der Waals surface area contributed by atoms with Gasteiger partial charge in [-0.25, -0.2) is 0 Å². The number of nitriles is 3. The Labute approximate surface area is 182 Å². The van der Waals surface area contributed by atoms with E-state index in [9.17, 15) is 15.8 Å². The van der Waals surface area contributed by atoms with Crippen LogP contribution in [0.25, 0.3) is 0 Å². The Kier molecular flexibility index (Phi) is 5.16. The van der Waals surface area contributed by atoms with Crippen LogP contribution in [0.1, 0.15) is 57.6 Å². The summed E-state index contributed by atoms with van der Waals surface area (Å²) in [5.41, 5.74) is -2.98. The Bertz CT molecular complexity index is 988. The van der Waals surface area contributed by atoms with E-state index in [0.717, 1.165) is 19.3 Å². The van der Waals surface area contributed by atoms with Crippen LogP contribution in [0, 0.1) is 62.1 Å². The number of nitrogens with one attached hydrogen (secondary N) is 1. The molecule has 7 nitrogen and oxygen atoms in total. The highest BCUT2D eigenvalue weighted by Crippen LogP contribution is 2.70. The molecule has 0 aromatic heterocycles. The van der Waals surface area contributed by atoms with Crippen LogP contribution in [0.4, 0.5) is 0 Å². The summed E-state index contributed by atoms with van der Waals surface area (Å²) in [7, 11) is 0. The van der Waals surface area contributed by atoms with Crippen LogP contribution in [0.2, 0.25) is 0 Å². The Morgan fingerprint density at radius 1 is 1.13 bits per heavy atom. The fourth-order valence-electron chi connectivity index (χ4n) is 5.55. The van der Waals surface area contributed by atoms with Gasteiger partial charge in [0, 0.05) is 6.42 Å². The third-order valence-electron chi connectivity index (χ3n) is 7.25. The Balaban J connectivity index is 1.84. The predicted octanol–water partition coefficient (Wildman–Crippen LogP) is 4.62. The molecular formula is C24H26N4O3. The van der Waals surface area contributed by atoms with Gasteiger partial charge in [-0.3, -0.25) is 5.41 Å². The first-order valence-electron chi connectivity index (χ1n) is 10.9. The van der Waals surface area contributed by atoms with Crippen LogP contribution in [-0.2, 0) is 9.47 Å². The monoisotopic (exact) mass is 418 g/mol. The predicted molar refractivity (Wildman–Crippen MR) is 110 cm³/mol. The molecule has 5 unspecified atom stereocenters. The van der Waals surface area contributed by atoms with E-state index < -0.39 is 28.6 Å². The van der Waals surface area contributed by atoms with Gasteiger partial charge in [-0.15, -0.1) is 0 Å². The van der Waals surface area contributed by atoms with E-state index in [2.05, 4.69) is 25.1 Å². The average molecular weight is 418 g/mol. The van der Waals surface area contributed by atoms with E-state index in [1.54, 1.807) is 24.3 Å². The zero-order valence-electron chi connectivity index (χ0n) is 17.9. The first-order valence-corrected chi connectivity index (χ1v) is 10.9. The highest BCUT2D eigenvalue weighted by atomic mass is 16.7. The average Bonchev–Trinajstić information content (AvgIpc) is 3.01. The molecule has 1 aliphatic carbocycles. The molecule has 160 valence electrons. The molecule has 1 aromatic rings. The van der Waals surface area contributed by atoms with Crippen molar-refractivity contribution in [3.63, 3.8) is 0 Å². The molecule has 2 aliphatic heterocycles. The lowest BCUT2D eigenvalue weighted by Crippen LogP contribution is -2.61. The van der Waals surface area contributed by atoms with Crippen LogP contribution in [0.5, 0.6) is 5.75 Å². The molecule has 3 aliphatic rings. The summed E-state index contributed by atoms with van der Waals surface area (Å²) in [4.78, 5) is 0. The topological polar surface area (TPSA) is 123 Å². The number of hydrogen-bond acceptors (Lipinski definition) is 7. The van der Waals surface area contributed by atoms with Gasteiger partial charge in [0.25, 0.3) is 0 Å². The van der Waals surface area contributed by atoms with Crippen molar-refractivity contribution in [2.75, 3.05) is 6.61 Å². The second-order valence-corrected chi connectivity index (χ2v) is 8.71. The van der Waals surface area contributed by atoms with Gasteiger partial charge in [0.15, 0.2) is 5.41 Å². The lowest BCUT2D eigenvalue weighted by atomic mass is 9.50. The molecule has 2 bridgehead atoms. The van der Waals surface area contributed by atoms with Crippen molar-refractivity contribution < 1.29 is 14.2 Å². The standard InChI is InChI=1S/C24H26N4O3/c1-3-11-29-18-7-5-17(6-8-18)20-22(13-25,14-26)23(15-27)19-12-16(4-2)9-10-24(19,30-20)31-21(23)28/h5-8,16,19-20,28H,3-4,9-12H2,1-2H3. The number of ether oxygens (including phenoxy) is 3. The molecule has 0 spiro atoms. The Hall–Kier alpha value is -3.08. The molecule has 2 heterocycles. The van der Waals surface area contributed by atoms with E-state index >= 15 is 0 Å². The minimum atomic E-state index is -1.90. The second kappa shape index (κ2) is 7.56. The summed E-state index contributed by atoms with van der Waals surface area (Å²) < 4.78 is 18.1. The van der Waals surface area contributed by atoms with E-state index in [1.807, 2.05) is 6.92 Å². The van der Waals surface area contributed by atoms with E-state index in [-0.39, 0.29) is 5.90 Å². The van der Waals surface area contributed by atoms with Gasteiger partial charge in [0.05, 0.1) is 30.7 Å². The van der Waals surface area contributed by atoms with Crippen molar-refractivity contribution >= 4 is 5.90 Å². The molecular weight excluding hydrogens is 392 g/mol. The van der Waals surface area contributed by atoms with Crippen molar-refractivity contribution in [3.05, 3.63) is 29.8 Å². The summed E-state index contributed by atoms with van der Waals surface area (Å²) in [6.07, 6.45) is 2.77. The van der Waals surface area contributed by atoms with Gasteiger partial charge in [-0.05, 0) is 42.9 Å². The highest BCUT2D eigenvalue weighted by molar-refractivity contribution is 5.89. The summed E-state index contributed by atoms with van der Waals surface area (Å²) >= 11 is 0. The number of rotatable bonds is 5.